The van der Waals surface area contributed by atoms with Crippen LogP contribution in [0, 0.1) is 0 Å². The summed E-state index contributed by atoms with van der Waals surface area (Å²) in [7, 11) is 7.02. The third-order valence-corrected chi connectivity index (χ3v) is 24.4. The molecule has 0 heterocycles. The summed E-state index contributed by atoms with van der Waals surface area (Å²) < 4.78 is 9.32. The summed E-state index contributed by atoms with van der Waals surface area (Å²) in [4.78, 5) is 4.81. The summed E-state index contributed by atoms with van der Waals surface area (Å²) in [5, 5.41) is 0. The fourth-order valence-electron chi connectivity index (χ4n) is 7.37. The molecule has 5 heteroatoms. The molecule has 47 heavy (non-hydrogen) atoms. The van der Waals surface area contributed by atoms with Crippen LogP contribution in [0.15, 0.2) is 165 Å². The van der Waals surface area contributed by atoms with Crippen LogP contribution in [0.2, 0.25) is 24.2 Å². The molecule has 0 aliphatic heterocycles. The van der Waals surface area contributed by atoms with Crippen molar-refractivity contribution in [3.8, 4) is 0 Å². The van der Waals surface area contributed by atoms with Crippen LogP contribution in [0.4, 0.5) is 0 Å². The van der Waals surface area contributed by atoms with Gasteiger partial charge in [-0.25, -0.2) is 0 Å². The fourth-order valence-corrected chi connectivity index (χ4v) is 22.4. The van der Waals surface area contributed by atoms with E-state index in [0.29, 0.717) is 11.1 Å². The number of rotatable bonds is 12. The Balaban J connectivity index is 1.47. The van der Waals surface area contributed by atoms with E-state index in [2.05, 4.69) is 197 Å². The predicted molar refractivity (Wildman–Crippen MR) is 210 cm³/mol. The molecule has 0 aromatic heterocycles. The standard InChI is InChI=1S/C42H48As2N2Si/c1-45(2)31-37-39(43(33-19-11-7-12-20-33)34-21-13-8-14-22-34)27-29-41(37)47(5,6)42-30-28-40(38(42)32-46(3)4)44(35-23-15-9-16-24-35)36-25-17-10-18-26-36/h7-30,41-42H,31-32H2,1-6H3. The van der Waals surface area contributed by atoms with Crippen LogP contribution in [0.5, 0.6) is 0 Å². The van der Waals surface area contributed by atoms with Gasteiger partial charge in [-0.2, -0.15) is 0 Å². The van der Waals surface area contributed by atoms with E-state index < -0.39 is 37.4 Å². The zero-order chi connectivity index (χ0) is 33.0. The van der Waals surface area contributed by atoms with E-state index >= 15 is 0 Å². The second-order valence-corrected chi connectivity index (χ2v) is 27.9. The molecule has 0 saturated heterocycles. The van der Waals surface area contributed by atoms with Crippen molar-refractivity contribution in [1.29, 1.82) is 0 Å². The molecule has 2 nitrogen and oxygen atoms in total. The zero-order valence-electron chi connectivity index (χ0n) is 28.7. The first-order chi connectivity index (χ1) is 22.8. The van der Waals surface area contributed by atoms with E-state index in [1.54, 1.807) is 19.9 Å². The Morgan fingerprint density at radius 3 is 1.00 bits per heavy atom. The average Bonchev–Trinajstić information content (AvgIpc) is 3.68. The number of benzene rings is 4. The van der Waals surface area contributed by atoms with Crippen LogP contribution in [0.25, 0.3) is 0 Å². The molecule has 6 rings (SSSR count). The third-order valence-electron chi connectivity index (χ3n) is 9.42. The molecule has 0 fully saturated rings. The van der Waals surface area contributed by atoms with E-state index in [0.717, 1.165) is 13.1 Å². The molecule has 240 valence electrons. The van der Waals surface area contributed by atoms with Gasteiger partial charge in [0.25, 0.3) is 0 Å². The van der Waals surface area contributed by atoms with Crippen LogP contribution in [0.3, 0.4) is 0 Å². The van der Waals surface area contributed by atoms with Gasteiger partial charge in [0.2, 0.25) is 0 Å². The maximum absolute atomic E-state index is 2.68. The fraction of sp³-hybridized carbons (Fsp3) is 0.238. The Hall–Kier alpha value is -2.91. The summed E-state index contributed by atoms with van der Waals surface area (Å²) in [6, 6.07) is 45.4. The van der Waals surface area contributed by atoms with Crippen LogP contribution in [-0.2, 0) is 0 Å². The van der Waals surface area contributed by atoms with Gasteiger partial charge in [0.05, 0.1) is 0 Å². The summed E-state index contributed by atoms with van der Waals surface area (Å²) in [6.45, 7) is 7.38. The molecule has 0 radical (unpaired) electrons. The predicted octanol–water partition coefficient (Wildman–Crippen LogP) is 5.99. The monoisotopic (exact) mass is 758 g/mol. The molecular weight excluding hydrogens is 710 g/mol. The van der Waals surface area contributed by atoms with E-state index in [1.807, 2.05) is 0 Å². The van der Waals surface area contributed by atoms with Gasteiger partial charge < -0.3 is 0 Å². The second kappa shape index (κ2) is 15.1. The van der Waals surface area contributed by atoms with Gasteiger partial charge >= 0.3 is 296 Å². The average molecular weight is 759 g/mol. The first-order valence-electron chi connectivity index (χ1n) is 16.7. The normalized spacial score (nSPS) is 18.2. The number of allylic oxidation sites excluding steroid dienone is 6. The summed E-state index contributed by atoms with van der Waals surface area (Å²) >= 11 is -3.50. The molecule has 4 aromatic rings. The Bertz CT molecular complexity index is 1550. The van der Waals surface area contributed by atoms with Crippen LogP contribution >= 0.6 is 0 Å². The third kappa shape index (κ3) is 7.41. The molecule has 2 aliphatic carbocycles. The minimum absolute atomic E-state index is 0.491. The maximum atomic E-state index is 2.68. The topological polar surface area (TPSA) is 6.48 Å². The summed E-state index contributed by atoms with van der Waals surface area (Å²) in [5.41, 5.74) is 4.33. The van der Waals surface area contributed by atoms with Crippen molar-refractivity contribution in [1.82, 2.24) is 9.80 Å². The van der Waals surface area contributed by atoms with Crippen molar-refractivity contribution >= 4 is 54.8 Å². The molecule has 2 unspecified atom stereocenters. The molecule has 0 N–H and O–H groups in total. The van der Waals surface area contributed by atoms with Gasteiger partial charge in [-0.1, -0.05) is 0 Å². The summed E-state index contributed by atoms with van der Waals surface area (Å²) in [5.74, 6) is 0. The zero-order valence-corrected chi connectivity index (χ0v) is 33.5. The van der Waals surface area contributed by atoms with Crippen molar-refractivity contribution in [2.45, 2.75) is 24.2 Å². The first kappa shape index (κ1) is 34.0. The molecule has 0 bridgehead atoms. The Morgan fingerprint density at radius 1 is 0.468 bits per heavy atom. The van der Waals surface area contributed by atoms with Gasteiger partial charge in [-0.15, -0.1) is 0 Å². The van der Waals surface area contributed by atoms with Gasteiger partial charge in [0.15, 0.2) is 0 Å². The molecular formula is C42H48As2N2Si. The van der Waals surface area contributed by atoms with Crippen molar-refractivity contribution < 1.29 is 0 Å². The Kier molecular flexibility index (Phi) is 10.9. The van der Waals surface area contributed by atoms with Crippen LogP contribution in [0.1, 0.15) is 0 Å². The van der Waals surface area contributed by atoms with Gasteiger partial charge in [0.1, 0.15) is 0 Å². The number of likely N-dealkylation sites (N-methyl/N-ethyl adjacent to an activating group) is 2. The SMILES string of the molecule is CN(C)CC1=C([As](c2ccccc2)c2ccccc2)C=CC1[Si](C)(C)C1C=CC([As](c2ccccc2)c2ccccc2)=C1CN(C)C. The van der Waals surface area contributed by atoms with Gasteiger partial charge in [-0.05, 0) is 0 Å². The van der Waals surface area contributed by atoms with Gasteiger partial charge in [0, 0.05) is 0 Å². The van der Waals surface area contributed by atoms with Crippen molar-refractivity contribution in [2.75, 3.05) is 41.3 Å². The number of nitrogens with zero attached hydrogens (tertiary/aromatic N) is 2. The molecule has 0 spiro atoms. The Labute approximate surface area is 293 Å². The summed E-state index contributed by atoms with van der Waals surface area (Å²) in [6.07, 6.45) is 10.4. The molecule has 2 atom stereocenters. The van der Waals surface area contributed by atoms with E-state index in [9.17, 15) is 0 Å². The van der Waals surface area contributed by atoms with E-state index in [4.69, 9.17) is 0 Å². The van der Waals surface area contributed by atoms with Crippen molar-refractivity contribution in [3.63, 3.8) is 0 Å². The Morgan fingerprint density at radius 2 is 0.745 bits per heavy atom. The second-order valence-electron chi connectivity index (χ2n) is 13.8. The molecule has 0 amide bonds. The quantitative estimate of drug-likeness (QED) is 0.164. The van der Waals surface area contributed by atoms with Crippen molar-refractivity contribution in [2.24, 2.45) is 0 Å². The van der Waals surface area contributed by atoms with Crippen LogP contribution in [-0.4, -0.2) is 88.5 Å². The minimum atomic E-state index is -1.97. The molecule has 4 aromatic carbocycles. The number of hydrogen-bond donors (Lipinski definition) is 0. The van der Waals surface area contributed by atoms with E-state index in [-0.39, 0.29) is 0 Å². The van der Waals surface area contributed by atoms with Gasteiger partial charge in [-0.3, -0.25) is 0 Å². The molecule has 0 saturated carbocycles. The molecule has 2 aliphatic rings. The first-order valence-corrected chi connectivity index (χ1v) is 25.5. The van der Waals surface area contributed by atoms with E-state index in [1.165, 1.54) is 17.4 Å². The van der Waals surface area contributed by atoms with Crippen LogP contribution < -0.4 is 17.4 Å². The van der Waals surface area contributed by atoms with Crippen molar-refractivity contribution in [3.05, 3.63) is 165 Å². The number of hydrogen-bond acceptors (Lipinski definition) is 2.